The number of carbonyl (C=O) groups is 3. The van der Waals surface area contributed by atoms with E-state index < -0.39 is 23.6 Å². The van der Waals surface area contributed by atoms with Gasteiger partial charge in [0.25, 0.3) is 0 Å². The third-order valence-electron chi connectivity index (χ3n) is 5.49. The Morgan fingerprint density at radius 3 is 2.44 bits per heavy atom. The van der Waals surface area contributed by atoms with Crippen LogP contribution in [0.25, 0.3) is 0 Å². The molecule has 1 aliphatic rings. The van der Waals surface area contributed by atoms with Crippen LogP contribution in [0.15, 0.2) is 18.2 Å². The molecule has 1 heterocycles. The molecule has 27 heavy (non-hydrogen) atoms. The van der Waals surface area contributed by atoms with E-state index in [1.807, 2.05) is 20.8 Å². The first-order valence-corrected chi connectivity index (χ1v) is 9.18. The maximum absolute atomic E-state index is 12.5. The minimum atomic E-state index is -1.06. The van der Waals surface area contributed by atoms with Crippen molar-refractivity contribution in [1.82, 2.24) is 5.32 Å². The highest BCUT2D eigenvalue weighted by atomic mass is 16.6. The molecule has 0 aliphatic carbocycles. The van der Waals surface area contributed by atoms with Crippen molar-refractivity contribution < 1.29 is 24.2 Å². The van der Waals surface area contributed by atoms with Gasteiger partial charge in [-0.05, 0) is 51.0 Å². The number of anilines is 1. The van der Waals surface area contributed by atoms with E-state index in [2.05, 4.69) is 5.32 Å². The second-order valence-electron chi connectivity index (χ2n) is 7.51. The summed E-state index contributed by atoms with van der Waals surface area (Å²) in [6.07, 6.45) is -0.172. The zero-order valence-corrected chi connectivity index (χ0v) is 16.7. The number of nitrogens with one attached hydrogen (secondary N) is 1. The van der Waals surface area contributed by atoms with Gasteiger partial charge in [-0.15, -0.1) is 0 Å². The fourth-order valence-corrected chi connectivity index (χ4v) is 3.83. The second-order valence-corrected chi connectivity index (χ2v) is 7.51. The van der Waals surface area contributed by atoms with E-state index in [4.69, 9.17) is 4.74 Å². The molecule has 1 aromatic rings. The molecule has 0 saturated heterocycles. The lowest BCUT2D eigenvalue weighted by molar-refractivity contribution is -0.118. The summed E-state index contributed by atoms with van der Waals surface area (Å²) in [5.41, 5.74) is 0.780. The summed E-state index contributed by atoms with van der Waals surface area (Å²) >= 11 is 0. The van der Waals surface area contributed by atoms with Gasteiger partial charge in [0.2, 0.25) is 5.91 Å². The molecule has 2 amide bonds. The minimum Gasteiger partial charge on any atom is -0.478 e. The van der Waals surface area contributed by atoms with Crippen LogP contribution in [-0.4, -0.2) is 34.7 Å². The smallest absolute Gasteiger partial charge is 0.407 e. The topological polar surface area (TPSA) is 95.9 Å². The lowest BCUT2D eigenvalue weighted by Gasteiger charge is -2.52. The number of nitrogens with zero attached hydrogens (tertiary/aromatic N) is 1. The highest BCUT2D eigenvalue weighted by Crippen LogP contribution is 2.48. The van der Waals surface area contributed by atoms with Gasteiger partial charge < -0.3 is 20.1 Å². The highest BCUT2D eigenvalue weighted by molar-refractivity contribution is 5.96. The summed E-state index contributed by atoms with van der Waals surface area (Å²) < 4.78 is 5.22. The van der Waals surface area contributed by atoms with Gasteiger partial charge >= 0.3 is 12.1 Å². The Morgan fingerprint density at radius 1 is 1.33 bits per heavy atom. The first kappa shape index (κ1) is 20.7. The molecule has 148 valence electrons. The monoisotopic (exact) mass is 376 g/mol. The Balaban J connectivity index is 2.63. The number of amides is 2. The quantitative estimate of drug-likeness (QED) is 0.835. The predicted molar refractivity (Wildman–Crippen MR) is 102 cm³/mol. The van der Waals surface area contributed by atoms with Crippen LogP contribution in [0.3, 0.4) is 0 Å². The first-order chi connectivity index (χ1) is 12.5. The van der Waals surface area contributed by atoms with Crippen molar-refractivity contribution in [1.29, 1.82) is 0 Å². The number of hydrogen-bond donors (Lipinski definition) is 2. The van der Waals surface area contributed by atoms with E-state index in [0.29, 0.717) is 17.7 Å². The number of rotatable bonds is 4. The van der Waals surface area contributed by atoms with Gasteiger partial charge in [-0.1, -0.05) is 13.8 Å². The molecular weight excluding hydrogens is 348 g/mol. The van der Waals surface area contributed by atoms with Crippen molar-refractivity contribution in [3.63, 3.8) is 0 Å². The van der Waals surface area contributed by atoms with E-state index in [-0.39, 0.29) is 23.5 Å². The Labute approximate surface area is 159 Å². The van der Waals surface area contributed by atoms with Gasteiger partial charge in [-0.2, -0.15) is 0 Å². The maximum Gasteiger partial charge on any atom is 0.407 e. The number of carboxylic acid groups (broad SMARTS) is 1. The largest absolute Gasteiger partial charge is 0.478 e. The molecule has 0 fully saturated rings. The van der Waals surface area contributed by atoms with Crippen molar-refractivity contribution in [2.45, 2.75) is 65.6 Å². The standard InChI is InChI=1S/C20H28N2O5/c1-7-20(6)12(4)17(21-19(26)27-11(2)3)15-10-14(18(24)25)8-9-16(15)22(20)13(5)23/h8-12,17H,7H2,1-6H3,(H,21,26)(H,24,25)/t12-,17-,20-/m0/s1. The molecule has 1 aliphatic heterocycles. The highest BCUT2D eigenvalue weighted by Gasteiger charge is 2.48. The van der Waals surface area contributed by atoms with E-state index in [9.17, 15) is 19.5 Å². The third kappa shape index (κ3) is 3.77. The average Bonchev–Trinajstić information content (AvgIpc) is 2.57. The second kappa shape index (κ2) is 7.58. The molecule has 0 radical (unpaired) electrons. The molecule has 0 aromatic heterocycles. The van der Waals surface area contributed by atoms with E-state index in [1.165, 1.54) is 19.1 Å². The van der Waals surface area contributed by atoms with Crippen LogP contribution in [0.5, 0.6) is 0 Å². The summed E-state index contributed by atoms with van der Waals surface area (Å²) in [6.45, 7) is 10.9. The normalized spacial score (nSPS) is 24.3. The van der Waals surface area contributed by atoms with Crippen molar-refractivity contribution in [3.05, 3.63) is 29.3 Å². The number of carbonyl (C=O) groups excluding carboxylic acids is 2. The van der Waals surface area contributed by atoms with Crippen molar-refractivity contribution in [2.24, 2.45) is 5.92 Å². The van der Waals surface area contributed by atoms with Crippen LogP contribution in [0.2, 0.25) is 0 Å². The zero-order chi connectivity index (χ0) is 20.5. The van der Waals surface area contributed by atoms with Crippen LogP contribution in [0.4, 0.5) is 10.5 Å². The number of aromatic carboxylic acids is 1. The molecule has 7 nitrogen and oxygen atoms in total. The van der Waals surface area contributed by atoms with Gasteiger partial charge in [0, 0.05) is 24.1 Å². The molecule has 7 heteroatoms. The molecular formula is C20H28N2O5. The maximum atomic E-state index is 12.5. The molecule has 2 rings (SSSR count). The van der Waals surface area contributed by atoms with Crippen molar-refractivity contribution in [3.8, 4) is 0 Å². The number of hydrogen-bond acceptors (Lipinski definition) is 4. The van der Waals surface area contributed by atoms with E-state index in [1.54, 1.807) is 24.8 Å². The molecule has 2 N–H and O–H groups in total. The van der Waals surface area contributed by atoms with Crippen LogP contribution in [0.1, 0.15) is 69.9 Å². The Hall–Kier alpha value is -2.57. The SMILES string of the molecule is CC[C@@]1(C)[C@@H](C)[C@H](NC(=O)OC(C)C)c2cc(C(=O)O)ccc2N1C(C)=O. The lowest BCUT2D eigenvalue weighted by atomic mass is 9.71. The number of carboxylic acids is 1. The number of fused-ring (bicyclic) bond motifs is 1. The predicted octanol–water partition coefficient (Wildman–Crippen LogP) is 3.73. The Kier molecular flexibility index (Phi) is 5.82. The summed E-state index contributed by atoms with van der Waals surface area (Å²) in [6, 6.07) is 4.17. The average molecular weight is 376 g/mol. The van der Waals surface area contributed by atoms with Crippen LogP contribution >= 0.6 is 0 Å². The van der Waals surface area contributed by atoms with Gasteiger partial charge in [0.1, 0.15) is 0 Å². The van der Waals surface area contributed by atoms with Gasteiger partial charge in [0.15, 0.2) is 0 Å². The Morgan fingerprint density at radius 2 is 1.96 bits per heavy atom. The first-order valence-electron chi connectivity index (χ1n) is 9.18. The molecule has 0 bridgehead atoms. The number of ether oxygens (including phenoxy) is 1. The number of alkyl carbamates (subject to hydrolysis) is 1. The minimum absolute atomic E-state index is 0.105. The fourth-order valence-electron chi connectivity index (χ4n) is 3.83. The van der Waals surface area contributed by atoms with Gasteiger partial charge in [-0.3, -0.25) is 4.79 Å². The molecule has 0 unspecified atom stereocenters. The Bertz CT molecular complexity index is 761. The van der Waals surface area contributed by atoms with Crippen LogP contribution < -0.4 is 10.2 Å². The summed E-state index contributed by atoms with van der Waals surface area (Å²) in [4.78, 5) is 37.9. The fraction of sp³-hybridized carbons (Fsp3) is 0.550. The summed E-state index contributed by atoms with van der Waals surface area (Å²) in [5, 5.41) is 12.2. The lowest BCUT2D eigenvalue weighted by Crippen LogP contribution is -2.60. The molecule has 3 atom stereocenters. The van der Waals surface area contributed by atoms with E-state index >= 15 is 0 Å². The molecule has 1 aromatic carbocycles. The van der Waals surface area contributed by atoms with Gasteiger partial charge in [-0.25, -0.2) is 9.59 Å². The van der Waals surface area contributed by atoms with E-state index in [0.717, 1.165) is 0 Å². The summed E-state index contributed by atoms with van der Waals surface area (Å²) in [5.74, 6) is -1.35. The van der Waals surface area contributed by atoms with Crippen LogP contribution in [-0.2, 0) is 9.53 Å². The summed E-state index contributed by atoms with van der Waals surface area (Å²) in [7, 11) is 0. The molecule has 0 saturated carbocycles. The van der Waals surface area contributed by atoms with Crippen molar-refractivity contribution >= 4 is 23.7 Å². The van der Waals surface area contributed by atoms with Gasteiger partial charge in [0.05, 0.1) is 17.7 Å². The van der Waals surface area contributed by atoms with Crippen molar-refractivity contribution in [2.75, 3.05) is 4.90 Å². The zero-order valence-electron chi connectivity index (χ0n) is 16.7. The van der Waals surface area contributed by atoms with Crippen LogP contribution in [0, 0.1) is 5.92 Å². The molecule has 0 spiro atoms. The number of benzene rings is 1. The third-order valence-corrected chi connectivity index (χ3v) is 5.49.